The summed E-state index contributed by atoms with van der Waals surface area (Å²) >= 11 is 5.77. The van der Waals surface area contributed by atoms with Gasteiger partial charge in [0.2, 0.25) is 0 Å². The van der Waals surface area contributed by atoms with E-state index in [2.05, 4.69) is 0 Å². The molecule has 102 valence electrons. The Morgan fingerprint density at radius 1 is 1.28 bits per heavy atom. The molecular weight excluding hydrogens is 265 g/mol. The maximum absolute atomic E-state index is 12.2. The zero-order chi connectivity index (χ0) is 13.8. The van der Waals surface area contributed by atoms with E-state index < -0.39 is 12.6 Å². The molecule has 0 aromatic heterocycles. The van der Waals surface area contributed by atoms with Crippen LogP contribution < -0.4 is 5.73 Å². The molecule has 0 saturated carbocycles. The summed E-state index contributed by atoms with van der Waals surface area (Å²) in [5, 5.41) is 0.590. The average Bonchev–Trinajstić information content (AvgIpc) is 2.29. The fourth-order valence-electron chi connectivity index (χ4n) is 1.71. The first-order chi connectivity index (χ1) is 8.33. The predicted octanol–water partition coefficient (Wildman–Crippen LogP) is 3.22. The summed E-state index contributed by atoms with van der Waals surface area (Å²) < 4.78 is 36.5. The summed E-state index contributed by atoms with van der Waals surface area (Å²) in [5.41, 5.74) is 6.49. The molecule has 0 saturated heterocycles. The maximum atomic E-state index is 12.2. The summed E-state index contributed by atoms with van der Waals surface area (Å²) in [6.45, 7) is 0.185. The van der Waals surface area contributed by atoms with Gasteiger partial charge in [0.15, 0.2) is 0 Å². The van der Waals surface area contributed by atoms with Crippen molar-refractivity contribution in [3.63, 3.8) is 0 Å². The van der Waals surface area contributed by atoms with E-state index in [4.69, 9.17) is 17.3 Å². The van der Waals surface area contributed by atoms with Crippen molar-refractivity contribution in [2.45, 2.75) is 18.6 Å². The molecule has 0 aliphatic rings. The molecule has 0 aliphatic carbocycles. The molecule has 0 spiro atoms. The van der Waals surface area contributed by atoms with E-state index in [1.807, 2.05) is 0 Å². The molecular formula is C12H16ClF3N2. The molecule has 0 unspecified atom stereocenters. The number of benzene rings is 1. The summed E-state index contributed by atoms with van der Waals surface area (Å²) in [6.07, 6.45) is -4.99. The van der Waals surface area contributed by atoms with Crippen molar-refractivity contribution in [3.05, 3.63) is 34.9 Å². The quantitative estimate of drug-likeness (QED) is 0.897. The average molecular weight is 281 g/mol. The number of likely N-dealkylation sites (N-methyl/N-ethyl adjacent to an activating group) is 1. The molecule has 1 rings (SSSR count). The van der Waals surface area contributed by atoms with Crippen LogP contribution in [0.25, 0.3) is 0 Å². The van der Waals surface area contributed by atoms with Gasteiger partial charge in [-0.1, -0.05) is 23.7 Å². The highest BCUT2D eigenvalue weighted by Crippen LogP contribution is 2.24. The van der Waals surface area contributed by atoms with Gasteiger partial charge in [-0.15, -0.1) is 0 Å². The van der Waals surface area contributed by atoms with Crippen molar-refractivity contribution >= 4 is 11.6 Å². The fourth-order valence-corrected chi connectivity index (χ4v) is 1.84. The van der Waals surface area contributed by atoms with Crippen LogP contribution in [0, 0.1) is 0 Å². The van der Waals surface area contributed by atoms with Crippen molar-refractivity contribution < 1.29 is 13.2 Å². The van der Waals surface area contributed by atoms with Crippen molar-refractivity contribution in [3.8, 4) is 0 Å². The third-order valence-corrected chi connectivity index (χ3v) is 3.01. The van der Waals surface area contributed by atoms with Crippen LogP contribution in [-0.4, -0.2) is 31.2 Å². The first kappa shape index (κ1) is 15.3. The van der Waals surface area contributed by atoms with Crippen LogP contribution in [0.3, 0.4) is 0 Å². The Kier molecular flexibility index (Phi) is 5.44. The van der Waals surface area contributed by atoms with Crippen molar-refractivity contribution in [1.29, 1.82) is 0 Å². The normalized spacial score (nSPS) is 13.9. The van der Waals surface area contributed by atoms with Gasteiger partial charge in [0.1, 0.15) is 0 Å². The molecule has 6 heteroatoms. The van der Waals surface area contributed by atoms with Crippen molar-refractivity contribution in [2.75, 3.05) is 20.1 Å². The van der Waals surface area contributed by atoms with Crippen LogP contribution in [0.2, 0.25) is 5.02 Å². The molecule has 1 atom stereocenters. The molecule has 2 N–H and O–H groups in total. The second kappa shape index (κ2) is 6.41. The zero-order valence-corrected chi connectivity index (χ0v) is 10.8. The second-order valence-electron chi connectivity index (χ2n) is 4.15. The molecule has 2 nitrogen and oxygen atoms in total. The summed E-state index contributed by atoms with van der Waals surface area (Å²) in [7, 11) is 1.64. The Morgan fingerprint density at radius 2 is 1.83 bits per heavy atom. The third-order valence-electron chi connectivity index (χ3n) is 2.76. The van der Waals surface area contributed by atoms with E-state index in [1.165, 1.54) is 0 Å². The molecule has 0 heterocycles. The number of rotatable bonds is 5. The second-order valence-corrected chi connectivity index (χ2v) is 4.59. The van der Waals surface area contributed by atoms with E-state index in [-0.39, 0.29) is 19.1 Å². The number of hydrogen-bond donors (Lipinski definition) is 1. The molecule has 1 aromatic rings. The number of halogens is 4. The van der Waals surface area contributed by atoms with Gasteiger partial charge in [-0.3, -0.25) is 4.90 Å². The van der Waals surface area contributed by atoms with Gasteiger partial charge in [0.05, 0.1) is 6.42 Å². The summed E-state index contributed by atoms with van der Waals surface area (Å²) in [6, 6.07) is 6.74. The molecule has 0 aliphatic heterocycles. The minimum absolute atomic E-state index is 0.0754. The standard InChI is InChI=1S/C12H16ClF3N2/c1-18(7-6-12(14,15)16)11(8-17)9-2-4-10(13)5-3-9/h2-5,11H,6-8,17H2,1H3/t11-/m0/s1. The van der Waals surface area contributed by atoms with Crippen LogP contribution >= 0.6 is 11.6 Å². The SMILES string of the molecule is CN(CCC(F)(F)F)[C@@H](CN)c1ccc(Cl)cc1. The van der Waals surface area contributed by atoms with E-state index in [1.54, 1.807) is 36.2 Å². The number of hydrogen-bond acceptors (Lipinski definition) is 2. The predicted molar refractivity (Wildman–Crippen MR) is 66.5 cm³/mol. The Labute approximate surface area is 110 Å². The monoisotopic (exact) mass is 280 g/mol. The van der Waals surface area contributed by atoms with Gasteiger partial charge in [0, 0.05) is 24.2 Å². The Hall–Kier alpha value is -0.780. The van der Waals surface area contributed by atoms with E-state index >= 15 is 0 Å². The fraction of sp³-hybridized carbons (Fsp3) is 0.500. The number of nitrogens with zero attached hydrogens (tertiary/aromatic N) is 1. The summed E-state index contributed by atoms with van der Waals surface area (Å²) in [4.78, 5) is 1.61. The van der Waals surface area contributed by atoms with E-state index in [0.717, 1.165) is 5.56 Å². The largest absolute Gasteiger partial charge is 0.390 e. The molecule has 18 heavy (non-hydrogen) atoms. The first-order valence-corrected chi connectivity index (χ1v) is 5.94. The van der Waals surface area contributed by atoms with E-state index in [0.29, 0.717) is 5.02 Å². The molecule has 0 amide bonds. The zero-order valence-electron chi connectivity index (χ0n) is 10.0. The topological polar surface area (TPSA) is 29.3 Å². The lowest BCUT2D eigenvalue weighted by atomic mass is 10.1. The highest BCUT2D eigenvalue weighted by molar-refractivity contribution is 6.30. The lowest BCUT2D eigenvalue weighted by Gasteiger charge is -2.27. The van der Waals surface area contributed by atoms with Gasteiger partial charge in [-0.25, -0.2) is 0 Å². The highest BCUT2D eigenvalue weighted by Gasteiger charge is 2.28. The smallest absolute Gasteiger partial charge is 0.329 e. The van der Waals surface area contributed by atoms with Crippen LogP contribution in [0.1, 0.15) is 18.0 Å². The van der Waals surface area contributed by atoms with Gasteiger partial charge in [0.25, 0.3) is 0 Å². The van der Waals surface area contributed by atoms with Crippen molar-refractivity contribution in [2.24, 2.45) is 5.73 Å². The molecule has 0 bridgehead atoms. The Bertz CT molecular complexity index is 365. The van der Waals surface area contributed by atoms with Gasteiger partial charge in [-0.05, 0) is 24.7 Å². The van der Waals surface area contributed by atoms with Crippen LogP contribution in [0.5, 0.6) is 0 Å². The minimum atomic E-state index is -4.15. The van der Waals surface area contributed by atoms with Crippen LogP contribution in [-0.2, 0) is 0 Å². The first-order valence-electron chi connectivity index (χ1n) is 5.56. The minimum Gasteiger partial charge on any atom is -0.329 e. The van der Waals surface area contributed by atoms with Crippen LogP contribution in [0.15, 0.2) is 24.3 Å². The van der Waals surface area contributed by atoms with Gasteiger partial charge >= 0.3 is 6.18 Å². The van der Waals surface area contributed by atoms with Crippen molar-refractivity contribution in [1.82, 2.24) is 4.90 Å². The number of nitrogens with two attached hydrogens (primary N) is 1. The lowest BCUT2D eigenvalue weighted by molar-refractivity contribution is -0.138. The maximum Gasteiger partial charge on any atom is 0.390 e. The number of alkyl halides is 3. The van der Waals surface area contributed by atoms with E-state index in [9.17, 15) is 13.2 Å². The molecule has 1 aromatic carbocycles. The Morgan fingerprint density at radius 3 is 2.28 bits per heavy atom. The third kappa shape index (κ3) is 4.84. The molecule has 0 radical (unpaired) electrons. The molecule has 0 fully saturated rings. The highest BCUT2D eigenvalue weighted by atomic mass is 35.5. The van der Waals surface area contributed by atoms with Gasteiger partial charge < -0.3 is 5.73 Å². The Balaban J connectivity index is 2.68. The van der Waals surface area contributed by atoms with Gasteiger partial charge in [-0.2, -0.15) is 13.2 Å². The lowest BCUT2D eigenvalue weighted by Crippen LogP contribution is -2.33. The van der Waals surface area contributed by atoms with Crippen LogP contribution in [0.4, 0.5) is 13.2 Å². The summed E-state index contributed by atoms with van der Waals surface area (Å²) in [5.74, 6) is 0.